The Hall–Kier alpha value is -1.37. The quantitative estimate of drug-likeness (QED) is 0.750. The van der Waals surface area contributed by atoms with E-state index in [0.29, 0.717) is 13.0 Å². The van der Waals surface area contributed by atoms with Gasteiger partial charge >= 0.3 is 0 Å². The molecule has 0 fully saturated rings. The first kappa shape index (κ1) is 14.6. The molecule has 1 aromatic heterocycles. The Kier molecular flexibility index (Phi) is 4.28. The first-order valence-electron chi connectivity index (χ1n) is 7.20. The third kappa shape index (κ3) is 3.12. The number of benzene rings is 1. The van der Waals surface area contributed by atoms with E-state index in [4.69, 9.17) is 0 Å². The van der Waals surface area contributed by atoms with Gasteiger partial charge in [0.15, 0.2) is 0 Å². The van der Waals surface area contributed by atoms with E-state index in [1.807, 2.05) is 22.7 Å². The summed E-state index contributed by atoms with van der Waals surface area (Å²) in [6.45, 7) is 0.692. The summed E-state index contributed by atoms with van der Waals surface area (Å²) in [6.07, 6.45) is 7.07. The van der Waals surface area contributed by atoms with E-state index in [-0.39, 0.29) is 5.91 Å². The lowest BCUT2D eigenvalue weighted by Gasteiger charge is -2.23. The normalized spacial score (nSPS) is 15.0. The van der Waals surface area contributed by atoms with Crippen LogP contribution < -0.4 is 4.90 Å². The maximum atomic E-state index is 12.4. The van der Waals surface area contributed by atoms with Crippen molar-refractivity contribution in [1.82, 2.24) is 9.55 Å². The standard InChI is InChI=1S/C16H18IN3O/c1-19-10-8-18-15(19)7-9-20-14-6-5-13(17)11-12(14)3-2-4-16(20)21/h5-6,8,10-11H,2-4,7,9H2,1H3. The van der Waals surface area contributed by atoms with Crippen LogP contribution in [0, 0.1) is 3.57 Å². The van der Waals surface area contributed by atoms with Gasteiger partial charge in [0, 0.05) is 48.1 Å². The van der Waals surface area contributed by atoms with Crippen molar-refractivity contribution in [2.24, 2.45) is 7.05 Å². The zero-order valence-corrected chi connectivity index (χ0v) is 14.2. The monoisotopic (exact) mass is 395 g/mol. The smallest absolute Gasteiger partial charge is 0.227 e. The van der Waals surface area contributed by atoms with E-state index >= 15 is 0 Å². The van der Waals surface area contributed by atoms with E-state index in [2.05, 4.69) is 45.8 Å². The fraction of sp³-hybridized carbons (Fsp3) is 0.375. The molecule has 1 amide bonds. The summed E-state index contributed by atoms with van der Waals surface area (Å²) in [5.74, 6) is 1.24. The van der Waals surface area contributed by atoms with Crippen LogP contribution in [0.5, 0.6) is 0 Å². The Morgan fingerprint density at radius 2 is 2.19 bits per heavy atom. The molecule has 0 aliphatic carbocycles. The molecule has 2 heterocycles. The summed E-state index contributed by atoms with van der Waals surface area (Å²) < 4.78 is 3.24. The lowest BCUT2D eigenvalue weighted by Crippen LogP contribution is -2.32. The summed E-state index contributed by atoms with van der Waals surface area (Å²) in [5.41, 5.74) is 2.36. The van der Waals surface area contributed by atoms with Gasteiger partial charge in [-0.25, -0.2) is 4.98 Å². The number of halogens is 1. The zero-order valence-electron chi connectivity index (χ0n) is 12.1. The van der Waals surface area contributed by atoms with Gasteiger partial charge in [-0.05, 0) is 59.2 Å². The lowest BCUT2D eigenvalue weighted by molar-refractivity contribution is -0.118. The van der Waals surface area contributed by atoms with Crippen molar-refractivity contribution in [3.05, 3.63) is 45.6 Å². The molecule has 0 bridgehead atoms. The average molecular weight is 395 g/mol. The summed E-state index contributed by atoms with van der Waals surface area (Å²) >= 11 is 2.33. The number of fused-ring (bicyclic) bond motifs is 1. The predicted molar refractivity (Wildman–Crippen MR) is 91.4 cm³/mol. The number of amides is 1. The van der Waals surface area contributed by atoms with Crippen molar-refractivity contribution in [3.8, 4) is 0 Å². The van der Waals surface area contributed by atoms with Crippen LogP contribution in [0.25, 0.3) is 0 Å². The Bertz CT molecular complexity index is 665. The molecule has 0 radical (unpaired) electrons. The first-order chi connectivity index (χ1) is 10.1. The number of aromatic nitrogens is 2. The van der Waals surface area contributed by atoms with Crippen molar-refractivity contribution in [2.45, 2.75) is 25.7 Å². The molecule has 110 valence electrons. The van der Waals surface area contributed by atoms with Crippen molar-refractivity contribution < 1.29 is 4.79 Å². The maximum absolute atomic E-state index is 12.4. The summed E-state index contributed by atoms with van der Waals surface area (Å²) in [5, 5.41) is 0. The molecule has 1 aliphatic rings. The van der Waals surface area contributed by atoms with E-state index in [0.717, 1.165) is 30.8 Å². The van der Waals surface area contributed by atoms with E-state index in [9.17, 15) is 4.79 Å². The highest BCUT2D eigenvalue weighted by Gasteiger charge is 2.22. The number of anilines is 1. The molecule has 0 atom stereocenters. The Morgan fingerprint density at radius 1 is 1.33 bits per heavy atom. The second-order valence-corrected chi connectivity index (χ2v) is 6.62. The number of carbonyl (C=O) groups excluding carboxylic acids is 1. The molecule has 0 unspecified atom stereocenters. The van der Waals surface area contributed by atoms with Gasteiger partial charge in [0.2, 0.25) is 5.91 Å². The van der Waals surface area contributed by atoms with Gasteiger partial charge in [0.25, 0.3) is 0 Å². The predicted octanol–water partition coefficient (Wildman–Crippen LogP) is 2.94. The molecule has 5 heteroatoms. The van der Waals surface area contributed by atoms with Crippen LogP contribution in [0.1, 0.15) is 24.2 Å². The fourth-order valence-corrected chi connectivity index (χ4v) is 3.37. The molecule has 0 N–H and O–H groups in total. The second-order valence-electron chi connectivity index (χ2n) is 5.38. The first-order valence-corrected chi connectivity index (χ1v) is 8.28. The number of hydrogen-bond acceptors (Lipinski definition) is 2. The van der Waals surface area contributed by atoms with Crippen LogP contribution in [-0.4, -0.2) is 22.0 Å². The largest absolute Gasteiger partial charge is 0.338 e. The van der Waals surface area contributed by atoms with E-state index in [1.165, 1.54) is 9.13 Å². The minimum atomic E-state index is 0.226. The van der Waals surface area contributed by atoms with Crippen molar-refractivity contribution >= 4 is 34.2 Å². The number of carbonyl (C=O) groups is 1. The van der Waals surface area contributed by atoms with Gasteiger partial charge in [0.1, 0.15) is 5.82 Å². The summed E-state index contributed by atoms with van der Waals surface area (Å²) in [4.78, 5) is 18.7. The van der Waals surface area contributed by atoms with Crippen LogP contribution in [0.15, 0.2) is 30.6 Å². The van der Waals surface area contributed by atoms with Crippen molar-refractivity contribution in [3.63, 3.8) is 0 Å². The highest BCUT2D eigenvalue weighted by molar-refractivity contribution is 14.1. The molecule has 2 aromatic rings. The number of hydrogen-bond donors (Lipinski definition) is 0. The molecule has 21 heavy (non-hydrogen) atoms. The van der Waals surface area contributed by atoms with Crippen molar-refractivity contribution in [2.75, 3.05) is 11.4 Å². The summed E-state index contributed by atoms with van der Waals surface area (Å²) in [6, 6.07) is 6.35. The zero-order chi connectivity index (χ0) is 14.8. The Morgan fingerprint density at radius 3 is 2.95 bits per heavy atom. The van der Waals surface area contributed by atoms with Crippen LogP contribution >= 0.6 is 22.6 Å². The van der Waals surface area contributed by atoms with Gasteiger partial charge in [-0.1, -0.05) is 0 Å². The van der Waals surface area contributed by atoms with E-state index in [1.54, 1.807) is 6.20 Å². The molecule has 0 saturated carbocycles. The van der Waals surface area contributed by atoms with Gasteiger partial charge in [0.05, 0.1) is 0 Å². The minimum absolute atomic E-state index is 0.226. The summed E-state index contributed by atoms with van der Waals surface area (Å²) in [7, 11) is 1.99. The molecule has 1 aliphatic heterocycles. The van der Waals surface area contributed by atoms with Crippen LogP contribution in [-0.2, 0) is 24.7 Å². The molecule has 4 nitrogen and oxygen atoms in total. The Balaban J connectivity index is 1.86. The van der Waals surface area contributed by atoms with Crippen LogP contribution in [0.3, 0.4) is 0 Å². The number of rotatable bonds is 3. The number of nitrogens with zero attached hydrogens (tertiary/aromatic N) is 3. The fourth-order valence-electron chi connectivity index (χ4n) is 2.81. The maximum Gasteiger partial charge on any atom is 0.227 e. The van der Waals surface area contributed by atoms with Crippen LogP contribution in [0.2, 0.25) is 0 Å². The molecule has 1 aromatic carbocycles. The molecular formula is C16H18IN3O. The van der Waals surface area contributed by atoms with Crippen LogP contribution in [0.4, 0.5) is 5.69 Å². The SMILES string of the molecule is Cn1ccnc1CCN1C(=O)CCCc2cc(I)ccc21. The number of aryl methyl sites for hydroxylation is 2. The topological polar surface area (TPSA) is 38.1 Å². The highest BCUT2D eigenvalue weighted by atomic mass is 127. The van der Waals surface area contributed by atoms with Crippen molar-refractivity contribution in [1.29, 1.82) is 0 Å². The van der Waals surface area contributed by atoms with Gasteiger partial charge in [-0.2, -0.15) is 0 Å². The van der Waals surface area contributed by atoms with E-state index < -0.39 is 0 Å². The molecule has 3 rings (SSSR count). The Labute approximate surface area is 138 Å². The minimum Gasteiger partial charge on any atom is -0.338 e. The molecular weight excluding hydrogens is 377 g/mol. The third-order valence-corrected chi connectivity index (χ3v) is 4.62. The third-order valence-electron chi connectivity index (χ3n) is 3.95. The second kappa shape index (κ2) is 6.17. The molecule has 0 spiro atoms. The van der Waals surface area contributed by atoms with Gasteiger partial charge in [-0.3, -0.25) is 4.79 Å². The highest BCUT2D eigenvalue weighted by Crippen LogP contribution is 2.28. The van der Waals surface area contributed by atoms with Gasteiger partial charge < -0.3 is 9.47 Å². The molecule has 0 saturated heterocycles. The lowest BCUT2D eigenvalue weighted by atomic mass is 10.1. The number of imidazole rings is 1. The van der Waals surface area contributed by atoms with Gasteiger partial charge in [-0.15, -0.1) is 0 Å². The average Bonchev–Trinajstić information content (AvgIpc) is 2.79.